The fourth-order valence-electron chi connectivity index (χ4n) is 1.96. The van der Waals surface area contributed by atoms with Gasteiger partial charge < -0.3 is 5.32 Å². The number of halogens is 1. The number of nitro groups is 1. The van der Waals surface area contributed by atoms with Crippen LogP contribution in [0.4, 0.5) is 15.8 Å². The summed E-state index contributed by atoms with van der Waals surface area (Å²) < 4.78 is 13.4. The van der Waals surface area contributed by atoms with Crippen molar-refractivity contribution in [3.05, 3.63) is 46.3 Å². The number of nitrogens with one attached hydrogen (secondary N) is 1. The van der Waals surface area contributed by atoms with Gasteiger partial charge in [-0.25, -0.2) is 0 Å². The summed E-state index contributed by atoms with van der Waals surface area (Å²) in [7, 11) is 0. The predicted octanol–water partition coefficient (Wildman–Crippen LogP) is 3.25. The maximum atomic E-state index is 13.4. The van der Waals surface area contributed by atoms with E-state index >= 15 is 0 Å². The minimum absolute atomic E-state index is 0.139. The van der Waals surface area contributed by atoms with Crippen LogP contribution in [-0.4, -0.2) is 11.0 Å². The van der Waals surface area contributed by atoms with Crippen molar-refractivity contribution < 1.29 is 9.31 Å². The molecule has 1 unspecified atom stereocenters. The molecule has 2 rings (SSSR count). The lowest BCUT2D eigenvalue weighted by Crippen LogP contribution is -2.21. The van der Waals surface area contributed by atoms with Crippen molar-refractivity contribution in [2.45, 2.75) is 25.3 Å². The van der Waals surface area contributed by atoms with Crippen molar-refractivity contribution in [3.8, 4) is 0 Å². The first-order valence-corrected chi connectivity index (χ1v) is 5.53. The summed E-state index contributed by atoms with van der Waals surface area (Å²) in [6, 6.07) is 4.26. The number of nitro benzene ring substituents is 1. The zero-order valence-electron chi connectivity index (χ0n) is 9.23. The maximum absolute atomic E-state index is 13.4. The molecule has 0 aliphatic heterocycles. The molecule has 4 nitrogen and oxygen atoms in total. The average Bonchev–Trinajstić information content (AvgIpc) is 2.30. The highest BCUT2D eigenvalue weighted by Gasteiger charge is 2.21. The second-order valence-corrected chi connectivity index (χ2v) is 4.02. The first kappa shape index (κ1) is 11.6. The first-order valence-electron chi connectivity index (χ1n) is 5.53. The van der Waals surface area contributed by atoms with Gasteiger partial charge in [0.2, 0.25) is 5.82 Å². The zero-order chi connectivity index (χ0) is 12.3. The summed E-state index contributed by atoms with van der Waals surface area (Å²) in [5.41, 5.74) is -0.211. The van der Waals surface area contributed by atoms with Crippen LogP contribution >= 0.6 is 0 Å². The quantitative estimate of drug-likeness (QED) is 0.498. The van der Waals surface area contributed by atoms with Crippen LogP contribution in [0.1, 0.15) is 19.3 Å². The molecule has 1 aliphatic carbocycles. The molecule has 0 bridgehead atoms. The lowest BCUT2D eigenvalue weighted by Gasteiger charge is -2.20. The van der Waals surface area contributed by atoms with E-state index in [1.54, 1.807) is 6.07 Å². The van der Waals surface area contributed by atoms with Crippen LogP contribution in [0.2, 0.25) is 0 Å². The van der Waals surface area contributed by atoms with Crippen LogP contribution < -0.4 is 5.32 Å². The van der Waals surface area contributed by atoms with Gasteiger partial charge in [0.1, 0.15) is 5.69 Å². The number of rotatable bonds is 3. The van der Waals surface area contributed by atoms with E-state index in [1.807, 2.05) is 6.08 Å². The molecule has 0 fully saturated rings. The summed E-state index contributed by atoms with van der Waals surface area (Å²) >= 11 is 0. The summed E-state index contributed by atoms with van der Waals surface area (Å²) in [5, 5.41) is 13.8. The van der Waals surface area contributed by atoms with Crippen molar-refractivity contribution in [1.29, 1.82) is 0 Å². The summed E-state index contributed by atoms with van der Waals surface area (Å²) in [6.45, 7) is 0. The number of anilines is 1. The van der Waals surface area contributed by atoms with Gasteiger partial charge in [-0.05, 0) is 31.4 Å². The molecule has 0 amide bonds. The Bertz CT molecular complexity index is 460. The van der Waals surface area contributed by atoms with Gasteiger partial charge >= 0.3 is 5.69 Å². The molecule has 0 radical (unpaired) electrons. The third-order valence-electron chi connectivity index (χ3n) is 2.80. The van der Waals surface area contributed by atoms with E-state index in [0.29, 0.717) is 0 Å². The second-order valence-electron chi connectivity index (χ2n) is 4.02. The first-order chi connectivity index (χ1) is 8.18. The fraction of sp³-hybridized carbons (Fsp3) is 0.333. The van der Waals surface area contributed by atoms with E-state index in [1.165, 1.54) is 6.07 Å². The Labute approximate surface area is 98.3 Å². The monoisotopic (exact) mass is 236 g/mol. The van der Waals surface area contributed by atoms with Gasteiger partial charge in [0.25, 0.3) is 0 Å². The van der Waals surface area contributed by atoms with Crippen molar-refractivity contribution in [3.63, 3.8) is 0 Å². The molecule has 0 aromatic heterocycles. The van der Waals surface area contributed by atoms with E-state index in [-0.39, 0.29) is 11.7 Å². The molecular weight excluding hydrogens is 223 g/mol. The maximum Gasteiger partial charge on any atom is 0.327 e. The Morgan fingerprint density at radius 3 is 2.88 bits per heavy atom. The van der Waals surface area contributed by atoms with Gasteiger partial charge in [0, 0.05) is 6.04 Å². The number of allylic oxidation sites excluding steroid dienone is 1. The van der Waals surface area contributed by atoms with Gasteiger partial charge in [0.15, 0.2) is 0 Å². The Morgan fingerprint density at radius 1 is 1.41 bits per heavy atom. The number of benzene rings is 1. The minimum Gasteiger partial charge on any atom is -0.376 e. The highest BCUT2D eigenvalue weighted by Crippen LogP contribution is 2.29. The topological polar surface area (TPSA) is 55.2 Å². The van der Waals surface area contributed by atoms with Gasteiger partial charge in [-0.1, -0.05) is 18.2 Å². The van der Waals surface area contributed by atoms with Crippen LogP contribution in [-0.2, 0) is 0 Å². The molecule has 0 saturated carbocycles. The Balaban J connectivity index is 2.23. The third-order valence-corrected chi connectivity index (χ3v) is 2.80. The standard InChI is InChI=1S/C12H13FN2O2/c13-10-7-4-8-11(12(10)15(16)17)14-9-5-2-1-3-6-9/h1-2,4,7-9,14H,3,5-6H2. The number of hydrogen-bond donors (Lipinski definition) is 1. The van der Waals surface area contributed by atoms with Crippen LogP contribution in [0.3, 0.4) is 0 Å². The van der Waals surface area contributed by atoms with E-state index in [2.05, 4.69) is 11.4 Å². The van der Waals surface area contributed by atoms with E-state index < -0.39 is 16.4 Å². The minimum atomic E-state index is -0.800. The molecule has 1 aromatic rings. The fourth-order valence-corrected chi connectivity index (χ4v) is 1.96. The summed E-state index contributed by atoms with van der Waals surface area (Å²) in [6.07, 6.45) is 6.78. The Morgan fingerprint density at radius 2 is 2.24 bits per heavy atom. The number of nitrogens with zero attached hydrogens (tertiary/aromatic N) is 1. The molecule has 5 heteroatoms. The smallest absolute Gasteiger partial charge is 0.327 e. The van der Waals surface area contributed by atoms with Gasteiger partial charge in [-0.15, -0.1) is 0 Å². The lowest BCUT2D eigenvalue weighted by molar-refractivity contribution is -0.386. The molecule has 1 N–H and O–H groups in total. The van der Waals surface area contributed by atoms with Crippen molar-refractivity contribution in [1.82, 2.24) is 0 Å². The van der Waals surface area contributed by atoms with Crippen LogP contribution in [0.25, 0.3) is 0 Å². The molecule has 1 atom stereocenters. The molecule has 0 saturated heterocycles. The molecule has 1 aromatic carbocycles. The summed E-state index contributed by atoms with van der Waals surface area (Å²) in [4.78, 5) is 10.1. The molecule has 0 spiro atoms. The highest BCUT2D eigenvalue weighted by atomic mass is 19.1. The molecular formula is C12H13FN2O2. The SMILES string of the molecule is O=[N+]([O-])c1c(F)cccc1NC1CC=CCC1. The Hall–Kier alpha value is -1.91. The molecule has 1 aliphatic rings. The highest BCUT2D eigenvalue weighted by molar-refractivity contribution is 5.62. The molecule has 17 heavy (non-hydrogen) atoms. The molecule has 90 valence electrons. The van der Waals surface area contributed by atoms with E-state index in [4.69, 9.17) is 0 Å². The normalized spacial score (nSPS) is 19.0. The second kappa shape index (κ2) is 4.95. The average molecular weight is 236 g/mol. The van der Waals surface area contributed by atoms with Gasteiger partial charge in [-0.3, -0.25) is 10.1 Å². The molecule has 0 heterocycles. The van der Waals surface area contributed by atoms with Crippen molar-refractivity contribution >= 4 is 11.4 Å². The Kier molecular flexibility index (Phi) is 3.37. The van der Waals surface area contributed by atoms with Crippen LogP contribution in [0, 0.1) is 15.9 Å². The predicted molar refractivity (Wildman–Crippen MR) is 63.5 cm³/mol. The largest absolute Gasteiger partial charge is 0.376 e. The number of para-hydroxylation sites is 1. The van der Waals surface area contributed by atoms with Gasteiger partial charge in [0.05, 0.1) is 4.92 Å². The van der Waals surface area contributed by atoms with Crippen LogP contribution in [0.5, 0.6) is 0 Å². The lowest BCUT2D eigenvalue weighted by atomic mass is 10.0. The summed E-state index contributed by atoms with van der Waals surface area (Å²) in [5.74, 6) is -0.800. The van der Waals surface area contributed by atoms with Crippen molar-refractivity contribution in [2.75, 3.05) is 5.32 Å². The number of hydrogen-bond acceptors (Lipinski definition) is 3. The van der Waals surface area contributed by atoms with E-state index in [9.17, 15) is 14.5 Å². The van der Waals surface area contributed by atoms with Gasteiger partial charge in [-0.2, -0.15) is 4.39 Å². The third kappa shape index (κ3) is 2.61. The van der Waals surface area contributed by atoms with E-state index in [0.717, 1.165) is 25.3 Å². The zero-order valence-corrected chi connectivity index (χ0v) is 9.23. The van der Waals surface area contributed by atoms with Crippen LogP contribution in [0.15, 0.2) is 30.4 Å². The van der Waals surface area contributed by atoms with Crippen molar-refractivity contribution in [2.24, 2.45) is 0 Å².